The molecule has 1 N–H and O–H groups in total. The molecule has 0 fully saturated rings. The Labute approximate surface area is 97.4 Å². The van der Waals surface area contributed by atoms with Crippen molar-refractivity contribution in [1.29, 1.82) is 0 Å². The fraction of sp³-hybridized carbons (Fsp3) is 0.727. The van der Waals surface area contributed by atoms with Gasteiger partial charge in [0.05, 0.1) is 12.8 Å². The summed E-state index contributed by atoms with van der Waals surface area (Å²) in [6.07, 6.45) is 0. The molecule has 0 bridgehead atoms. The van der Waals surface area contributed by atoms with Gasteiger partial charge in [0.2, 0.25) is 5.88 Å². The van der Waals surface area contributed by atoms with Crippen LogP contribution in [0.1, 0.15) is 12.6 Å². The van der Waals surface area contributed by atoms with E-state index in [2.05, 4.69) is 29.3 Å². The molecule has 5 nitrogen and oxygen atoms in total. The number of hydrogen-bond donors (Lipinski definition) is 1. The quantitative estimate of drug-likeness (QED) is 0.765. The van der Waals surface area contributed by atoms with Crippen LogP contribution in [-0.2, 0) is 13.6 Å². The topological polar surface area (TPSA) is 42.3 Å². The van der Waals surface area contributed by atoms with Crippen molar-refractivity contribution in [3.8, 4) is 5.88 Å². The first-order valence-electron chi connectivity index (χ1n) is 5.49. The Bertz CT molecular complexity index is 324. The lowest BCUT2D eigenvalue weighted by Crippen LogP contribution is -2.35. The van der Waals surface area contributed by atoms with Crippen LogP contribution in [0.2, 0.25) is 0 Å². The standard InChI is InChI=1S/C11H22N4O/c1-9(12-2)7-14(3)8-10-6-11(16-5)15(4)13-10/h6,9,12H,7-8H2,1-5H3/t9-/m1/s1. The molecule has 1 rings (SSSR count). The van der Waals surface area contributed by atoms with Crippen LogP contribution in [0.5, 0.6) is 5.88 Å². The van der Waals surface area contributed by atoms with Gasteiger partial charge in [-0.05, 0) is 21.0 Å². The van der Waals surface area contributed by atoms with Gasteiger partial charge in [0.25, 0.3) is 0 Å². The van der Waals surface area contributed by atoms with Crippen LogP contribution >= 0.6 is 0 Å². The van der Waals surface area contributed by atoms with Gasteiger partial charge in [-0.2, -0.15) is 5.10 Å². The fourth-order valence-corrected chi connectivity index (χ4v) is 1.67. The fourth-order valence-electron chi connectivity index (χ4n) is 1.67. The second-order valence-corrected chi connectivity index (χ2v) is 4.19. The molecule has 0 aliphatic heterocycles. The Hall–Kier alpha value is -1.07. The molecular formula is C11H22N4O. The van der Waals surface area contributed by atoms with Gasteiger partial charge in [-0.3, -0.25) is 4.90 Å². The molecule has 1 atom stereocenters. The highest BCUT2D eigenvalue weighted by molar-refractivity contribution is 5.15. The largest absolute Gasteiger partial charge is 0.481 e. The summed E-state index contributed by atoms with van der Waals surface area (Å²) in [6, 6.07) is 2.45. The third-order valence-electron chi connectivity index (χ3n) is 2.61. The maximum atomic E-state index is 5.18. The number of ether oxygens (including phenoxy) is 1. The summed E-state index contributed by atoms with van der Waals surface area (Å²) in [7, 11) is 7.61. The minimum absolute atomic E-state index is 0.482. The second kappa shape index (κ2) is 5.86. The van der Waals surface area contributed by atoms with E-state index < -0.39 is 0 Å². The summed E-state index contributed by atoms with van der Waals surface area (Å²) in [5.41, 5.74) is 1.03. The Morgan fingerprint density at radius 1 is 1.62 bits per heavy atom. The van der Waals surface area contributed by atoms with Crippen LogP contribution in [0.15, 0.2) is 6.07 Å². The minimum Gasteiger partial charge on any atom is -0.481 e. The van der Waals surface area contributed by atoms with E-state index in [4.69, 9.17) is 4.74 Å². The van der Waals surface area contributed by atoms with E-state index in [0.29, 0.717) is 6.04 Å². The average Bonchev–Trinajstić information content (AvgIpc) is 2.58. The minimum atomic E-state index is 0.482. The first-order valence-corrected chi connectivity index (χ1v) is 5.49. The number of nitrogens with one attached hydrogen (secondary N) is 1. The number of methoxy groups -OCH3 is 1. The van der Waals surface area contributed by atoms with Gasteiger partial charge in [-0.15, -0.1) is 0 Å². The molecule has 0 aromatic carbocycles. The summed E-state index contributed by atoms with van der Waals surface area (Å²) in [6.45, 7) is 3.99. The smallest absolute Gasteiger partial charge is 0.211 e. The first-order chi connectivity index (χ1) is 7.56. The van der Waals surface area contributed by atoms with Gasteiger partial charge in [-0.25, -0.2) is 4.68 Å². The zero-order chi connectivity index (χ0) is 12.1. The number of nitrogens with zero attached hydrogens (tertiary/aromatic N) is 3. The molecule has 1 aromatic heterocycles. The normalized spacial score (nSPS) is 13.1. The highest BCUT2D eigenvalue weighted by Gasteiger charge is 2.09. The third kappa shape index (κ3) is 3.50. The van der Waals surface area contributed by atoms with E-state index in [1.165, 1.54) is 0 Å². The zero-order valence-electron chi connectivity index (χ0n) is 10.8. The van der Waals surface area contributed by atoms with Gasteiger partial charge in [0, 0.05) is 32.2 Å². The SMILES string of the molecule is CN[C@H](C)CN(C)Cc1cc(OC)n(C)n1. The van der Waals surface area contributed by atoms with Gasteiger partial charge in [0.15, 0.2) is 0 Å². The zero-order valence-corrected chi connectivity index (χ0v) is 10.8. The number of aryl methyl sites for hydroxylation is 1. The second-order valence-electron chi connectivity index (χ2n) is 4.19. The molecule has 0 aliphatic carbocycles. The molecular weight excluding hydrogens is 204 g/mol. The van der Waals surface area contributed by atoms with Gasteiger partial charge < -0.3 is 10.1 Å². The summed E-state index contributed by atoms with van der Waals surface area (Å²) in [5.74, 6) is 0.796. The summed E-state index contributed by atoms with van der Waals surface area (Å²) in [5, 5.41) is 7.60. The van der Waals surface area contributed by atoms with Crippen molar-refractivity contribution >= 4 is 0 Å². The summed E-state index contributed by atoms with van der Waals surface area (Å²) in [4.78, 5) is 2.24. The predicted molar refractivity (Wildman–Crippen MR) is 64.6 cm³/mol. The van der Waals surface area contributed by atoms with Crippen LogP contribution in [0, 0.1) is 0 Å². The highest BCUT2D eigenvalue weighted by Crippen LogP contribution is 2.12. The van der Waals surface area contributed by atoms with E-state index in [1.54, 1.807) is 11.8 Å². The molecule has 16 heavy (non-hydrogen) atoms. The van der Waals surface area contributed by atoms with Crippen molar-refractivity contribution in [3.63, 3.8) is 0 Å². The Balaban J connectivity index is 2.52. The molecule has 0 unspecified atom stereocenters. The van der Waals surface area contributed by atoms with E-state index in [1.807, 2.05) is 20.2 Å². The van der Waals surface area contributed by atoms with Crippen LogP contribution in [-0.4, -0.2) is 48.5 Å². The summed E-state index contributed by atoms with van der Waals surface area (Å²) < 4.78 is 6.93. The van der Waals surface area contributed by atoms with Crippen LogP contribution < -0.4 is 10.1 Å². The lowest BCUT2D eigenvalue weighted by Gasteiger charge is -2.19. The van der Waals surface area contributed by atoms with E-state index in [0.717, 1.165) is 24.7 Å². The molecule has 1 aromatic rings. The molecule has 5 heteroatoms. The van der Waals surface area contributed by atoms with Crippen LogP contribution in [0.25, 0.3) is 0 Å². The molecule has 1 heterocycles. The number of hydrogen-bond acceptors (Lipinski definition) is 4. The van der Waals surface area contributed by atoms with E-state index in [-0.39, 0.29) is 0 Å². The Morgan fingerprint density at radius 3 is 2.81 bits per heavy atom. The van der Waals surface area contributed by atoms with E-state index >= 15 is 0 Å². The third-order valence-corrected chi connectivity index (χ3v) is 2.61. The van der Waals surface area contributed by atoms with Crippen molar-refractivity contribution in [1.82, 2.24) is 20.0 Å². The Kier molecular flexibility index (Phi) is 4.76. The van der Waals surface area contributed by atoms with E-state index in [9.17, 15) is 0 Å². The number of likely N-dealkylation sites (N-methyl/N-ethyl adjacent to an activating group) is 2. The van der Waals surface area contributed by atoms with Crippen molar-refractivity contribution in [2.24, 2.45) is 7.05 Å². The molecule has 0 saturated heterocycles. The number of aromatic nitrogens is 2. The van der Waals surface area contributed by atoms with Crippen molar-refractivity contribution in [2.45, 2.75) is 19.5 Å². The van der Waals surface area contributed by atoms with Crippen LogP contribution in [0.4, 0.5) is 0 Å². The number of rotatable bonds is 6. The summed E-state index contributed by atoms with van der Waals surface area (Å²) >= 11 is 0. The maximum Gasteiger partial charge on any atom is 0.211 e. The van der Waals surface area contributed by atoms with Crippen molar-refractivity contribution in [2.75, 3.05) is 27.7 Å². The molecule has 0 aliphatic rings. The Morgan fingerprint density at radius 2 is 2.31 bits per heavy atom. The van der Waals surface area contributed by atoms with Gasteiger partial charge in [-0.1, -0.05) is 0 Å². The lowest BCUT2D eigenvalue weighted by atomic mass is 10.3. The highest BCUT2D eigenvalue weighted by atomic mass is 16.5. The maximum absolute atomic E-state index is 5.18. The monoisotopic (exact) mass is 226 g/mol. The van der Waals surface area contributed by atoms with Gasteiger partial charge in [0.1, 0.15) is 0 Å². The van der Waals surface area contributed by atoms with Crippen molar-refractivity contribution in [3.05, 3.63) is 11.8 Å². The lowest BCUT2D eigenvalue weighted by molar-refractivity contribution is 0.291. The molecule has 0 radical (unpaired) electrons. The molecule has 0 spiro atoms. The first kappa shape index (κ1) is 13.0. The van der Waals surface area contributed by atoms with Crippen molar-refractivity contribution < 1.29 is 4.74 Å². The van der Waals surface area contributed by atoms with Crippen LogP contribution in [0.3, 0.4) is 0 Å². The molecule has 0 amide bonds. The predicted octanol–water partition coefficient (Wildman–Crippen LogP) is 0.468. The molecule has 92 valence electrons. The average molecular weight is 226 g/mol. The van der Waals surface area contributed by atoms with Gasteiger partial charge >= 0.3 is 0 Å². The molecule has 0 saturated carbocycles.